The molecule has 29 heavy (non-hydrogen) atoms. The van der Waals surface area contributed by atoms with Crippen molar-refractivity contribution in [2.24, 2.45) is 5.92 Å². The molecule has 0 aliphatic heterocycles. The quantitative estimate of drug-likeness (QED) is 0.384. The van der Waals surface area contributed by atoms with Gasteiger partial charge in [-0.05, 0) is 58.8 Å². The predicted molar refractivity (Wildman–Crippen MR) is 125 cm³/mol. The number of nitrogens with zero attached hydrogens (tertiary/aromatic N) is 1. The summed E-state index contributed by atoms with van der Waals surface area (Å²) in [4.78, 5) is 24.4. The van der Waals surface area contributed by atoms with Crippen LogP contribution in [0.15, 0.2) is 23.1 Å². The van der Waals surface area contributed by atoms with Crippen LogP contribution in [-0.4, -0.2) is 30.6 Å². The molecular formula is C21H29FINO4Si. The van der Waals surface area contributed by atoms with Crippen molar-refractivity contribution >= 4 is 47.8 Å². The number of carboxylic acids is 1. The van der Waals surface area contributed by atoms with Crippen molar-refractivity contribution < 1.29 is 18.7 Å². The molecule has 0 spiro atoms. The average molecular weight is 533 g/mol. The maximum atomic E-state index is 14.4. The summed E-state index contributed by atoms with van der Waals surface area (Å²) < 4.78 is 22.7. The van der Waals surface area contributed by atoms with E-state index < -0.39 is 25.5 Å². The molecule has 160 valence electrons. The highest BCUT2D eigenvalue weighted by Crippen LogP contribution is 2.37. The first-order valence-electron chi connectivity index (χ1n) is 9.58. The molecule has 0 radical (unpaired) electrons. The first-order valence-corrected chi connectivity index (χ1v) is 13.6. The van der Waals surface area contributed by atoms with E-state index in [4.69, 9.17) is 4.43 Å². The topological polar surface area (TPSA) is 68.5 Å². The normalized spacial score (nSPS) is 13.9. The number of pyridine rings is 1. The van der Waals surface area contributed by atoms with E-state index in [1.165, 1.54) is 18.3 Å². The van der Waals surface area contributed by atoms with Crippen molar-refractivity contribution in [2.75, 3.05) is 6.61 Å². The van der Waals surface area contributed by atoms with Gasteiger partial charge in [-0.25, -0.2) is 9.18 Å². The minimum atomic E-state index is -2.05. The Morgan fingerprint density at radius 1 is 1.31 bits per heavy atom. The summed E-state index contributed by atoms with van der Waals surface area (Å²) in [6.07, 6.45) is 1.33. The fourth-order valence-corrected chi connectivity index (χ4v) is 4.36. The molecule has 1 heterocycles. The molecule has 0 fully saturated rings. The minimum Gasteiger partial charge on any atom is -0.477 e. The first kappa shape index (κ1) is 24.0. The van der Waals surface area contributed by atoms with Crippen LogP contribution in [0.2, 0.25) is 18.1 Å². The van der Waals surface area contributed by atoms with Gasteiger partial charge in [0.25, 0.3) is 0 Å². The maximum Gasteiger partial charge on any atom is 0.341 e. The fourth-order valence-electron chi connectivity index (χ4n) is 2.88. The number of fused-ring (bicyclic) bond motifs is 1. The number of aromatic nitrogens is 1. The molecule has 0 unspecified atom stereocenters. The lowest BCUT2D eigenvalue weighted by atomic mass is 10.0. The molecule has 8 heteroatoms. The van der Waals surface area contributed by atoms with Gasteiger partial charge in [-0.15, -0.1) is 0 Å². The molecule has 0 saturated heterocycles. The maximum absolute atomic E-state index is 14.4. The average Bonchev–Trinajstić information content (AvgIpc) is 2.56. The van der Waals surface area contributed by atoms with Crippen LogP contribution < -0.4 is 5.43 Å². The third kappa shape index (κ3) is 4.91. The van der Waals surface area contributed by atoms with Gasteiger partial charge in [-0.3, -0.25) is 4.79 Å². The van der Waals surface area contributed by atoms with Crippen molar-refractivity contribution in [1.29, 1.82) is 0 Å². The van der Waals surface area contributed by atoms with Crippen LogP contribution in [-0.2, 0) is 4.43 Å². The van der Waals surface area contributed by atoms with Gasteiger partial charge < -0.3 is 14.1 Å². The highest BCUT2D eigenvalue weighted by molar-refractivity contribution is 14.1. The molecule has 2 rings (SSSR count). The second-order valence-electron chi connectivity index (χ2n) is 9.25. The Bertz CT molecular complexity index is 995. The monoisotopic (exact) mass is 533 g/mol. The molecule has 0 aliphatic rings. The van der Waals surface area contributed by atoms with Gasteiger partial charge in [0, 0.05) is 15.2 Å². The summed E-state index contributed by atoms with van der Waals surface area (Å²) >= 11 is 1.81. The van der Waals surface area contributed by atoms with Crippen molar-refractivity contribution in [3.8, 4) is 0 Å². The molecular weight excluding hydrogens is 504 g/mol. The van der Waals surface area contributed by atoms with E-state index >= 15 is 0 Å². The Morgan fingerprint density at radius 3 is 2.38 bits per heavy atom. The summed E-state index contributed by atoms with van der Waals surface area (Å²) in [5.41, 5.74) is -0.539. The molecule has 0 saturated carbocycles. The van der Waals surface area contributed by atoms with Crippen molar-refractivity contribution in [2.45, 2.75) is 58.8 Å². The lowest BCUT2D eigenvalue weighted by Crippen LogP contribution is -2.42. The number of carbonyl (C=O) groups is 1. The zero-order chi connectivity index (χ0) is 22.3. The van der Waals surface area contributed by atoms with E-state index in [0.29, 0.717) is 12.1 Å². The van der Waals surface area contributed by atoms with E-state index in [1.54, 1.807) is 27.2 Å². The highest BCUT2D eigenvalue weighted by Gasteiger charge is 2.38. The Labute approximate surface area is 185 Å². The largest absolute Gasteiger partial charge is 0.477 e. The van der Waals surface area contributed by atoms with Gasteiger partial charge in [0.2, 0.25) is 5.43 Å². The van der Waals surface area contributed by atoms with E-state index in [-0.39, 0.29) is 31.5 Å². The van der Waals surface area contributed by atoms with Crippen LogP contribution in [0.4, 0.5) is 4.39 Å². The van der Waals surface area contributed by atoms with Gasteiger partial charge in [0.05, 0.1) is 18.2 Å². The lowest BCUT2D eigenvalue weighted by Gasteiger charge is -2.38. The molecule has 0 amide bonds. The third-order valence-corrected chi connectivity index (χ3v) is 11.2. The predicted octanol–water partition coefficient (Wildman–Crippen LogP) is 5.66. The van der Waals surface area contributed by atoms with E-state index in [0.717, 1.165) is 0 Å². The number of carboxylic acid groups (broad SMARTS) is 1. The second kappa shape index (κ2) is 8.47. The van der Waals surface area contributed by atoms with Gasteiger partial charge in [0.1, 0.15) is 11.4 Å². The summed E-state index contributed by atoms with van der Waals surface area (Å²) in [6.45, 7) is 15.1. The fraction of sp³-hybridized carbons (Fsp3) is 0.524. The van der Waals surface area contributed by atoms with Gasteiger partial charge in [0.15, 0.2) is 8.32 Å². The Kier molecular flexibility index (Phi) is 7.01. The third-order valence-electron chi connectivity index (χ3n) is 5.85. The molecule has 1 aromatic carbocycles. The zero-order valence-corrected chi connectivity index (χ0v) is 21.1. The number of hydrogen-bond donors (Lipinski definition) is 1. The second-order valence-corrected chi connectivity index (χ2v) is 15.2. The Hall–Kier alpha value is -1.26. The summed E-state index contributed by atoms with van der Waals surface area (Å²) in [5.74, 6) is -1.66. The highest BCUT2D eigenvalue weighted by atomic mass is 127. The summed E-state index contributed by atoms with van der Waals surface area (Å²) in [7, 11) is -2.05. The van der Waals surface area contributed by atoms with Crippen molar-refractivity contribution in [3.05, 3.63) is 43.5 Å². The van der Waals surface area contributed by atoms with Crippen LogP contribution in [0, 0.1) is 15.3 Å². The van der Waals surface area contributed by atoms with Crippen molar-refractivity contribution in [3.63, 3.8) is 0 Å². The smallest absolute Gasteiger partial charge is 0.341 e. The SMILES string of the molecule is CC(C)[C@@H](CO[Si](C)(C)C(C)(C)C)n1cc(C(=O)O)c(=O)c2cc(I)c(F)cc21. The Morgan fingerprint density at radius 2 is 1.90 bits per heavy atom. The zero-order valence-electron chi connectivity index (χ0n) is 18.0. The summed E-state index contributed by atoms with van der Waals surface area (Å²) in [6, 6.07) is 2.49. The van der Waals surface area contributed by atoms with Crippen LogP contribution in [0.3, 0.4) is 0 Å². The number of aromatic carboxylic acids is 1. The molecule has 2 aromatic rings. The summed E-state index contributed by atoms with van der Waals surface area (Å²) in [5, 5.41) is 9.77. The number of rotatable bonds is 6. The van der Waals surface area contributed by atoms with Gasteiger partial charge in [-0.2, -0.15) is 0 Å². The number of hydrogen-bond acceptors (Lipinski definition) is 3. The standard InChI is InChI=1S/C21H29FINO4Si/c1-12(2)18(11-28-29(6,7)21(3,4)5)24-10-14(20(26)27)19(25)13-8-16(23)15(22)9-17(13)24/h8-10,12,18H,11H2,1-7H3,(H,26,27)/t18-/m1/s1. The molecule has 1 atom stereocenters. The molecule has 1 N–H and O–H groups in total. The van der Waals surface area contributed by atoms with Crippen LogP contribution >= 0.6 is 22.6 Å². The first-order chi connectivity index (χ1) is 13.2. The molecule has 5 nitrogen and oxygen atoms in total. The molecule has 0 aliphatic carbocycles. The molecule has 1 aromatic heterocycles. The van der Waals surface area contributed by atoms with E-state index in [9.17, 15) is 19.1 Å². The van der Waals surface area contributed by atoms with E-state index in [2.05, 4.69) is 33.9 Å². The lowest BCUT2D eigenvalue weighted by molar-refractivity contribution is 0.0694. The van der Waals surface area contributed by atoms with Crippen LogP contribution in [0.1, 0.15) is 51.0 Å². The van der Waals surface area contributed by atoms with Gasteiger partial charge in [-0.1, -0.05) is 34.6 Å². The van der Waals surface area contributed by atoms with Crippen LogP contribution in [0.5, 0.6) is 0 Å². The minimum absolute atomic E-state index is 0.0224. The van der Waals surface area contributed by atoms with E-state index in [1.807, 2.05) is 13.8 Å². The van der Waals surface area contributed by atoms with Gasteiger partial charge >= 0.3 is 5.97 Å². The Balaban J connectivity index is 2.69. The molecule has 0 bridgehead atoms. The number of benzene rings is 1. The van der Waals surface area contributed by atoms with Crippen molar-refractivity contribution in [1.82, 2.24) is 4.57 Å². The van der Waals surface area contributed by atoms with Crippen LogP contribution in [0.25, 0.3) is 10.9 Å². The number of halogens is 2.